The first-order valence-electron chi connectivity index (χ1n) is 9.71. The highest BCUT2D eigenvalue weighted by molar-refractivity contribution is 7.92. The summed E-state index contributed by atoms with van der Waals surface area (Å²) in [4.78, 5) is 13.1. The van der Waals surface area contributed by atoms with Crippen molar-refractivity contribution in [1.29, 1.82) is 0 Å². The van der Waals surface area contributed by atoms with Crippen LogP contribution in [0.5, 0.6) is 0 Å². The van der Waals surface area contributed by atoms with E-state index in [9.17, 15) is 17.6 Å². The number of hydrogen-bond acceptors (Lipinski definition) is 3. The third kappa shape index (κ3) is 5.35. The molecule has 1 amide bonds. The Labute approximate surface area is 173 Å². The summed E-state index contributed by atoms with van der Waals surface area (Å²) < 4.78 is 40.2. The van der Waals surface area contributed by atoms with E-state index in [-0.39, 0.29) is 18.2 Å². The number of aryl methyl sites for hydroxylation is 2. The second-order valence-corrected chi connectivity index (χ2v) is 9.12. The van der Waals surface area contributed by atoms with Gasteiger partial charge in [0.05, 0.1) is 18.0 Å². The van der Waals surface area contributed by atoms with Crippen molar-refractivity contribution in [2.45, 2.75) is 52.6 Å². The lowest BCUT2D eigenvalue weighted by Gasteiger charge is -2.32. The Morgan fingerprint density at radius 3 is 2.28 bits per heavy atom. The van der Waals surface area contributed by atoms with Gasteiger partial charge in [-0.05, 0) is 49.9 Å². The average Bonchev–Trinajstić information content (AvgIpc) is 2.64. The molecule has 0 aromatic heterocycles. The van der Waals surface area contributed by atoms with Crippen LogP contribution in [0.1, 0.15) is 49.4 Å². The van der Waals surface area contributed by atoms with E-state index >= 15 is 0 Å². The van der Waals surface area contributed by atoms with Gasteiger partial charge in [-0.1, -0.05) is 49.7 Å². The highest BCUT2D eigenvalue weighted by Gasteiger charge is 2.34. The Hall–Kier alpha value is -2.41. The van der Waals surface area contributed by atoms with E-state index in [0.29, 0.717) is 6.42 Å². The molecule has 0 spiro atoms. The minimum absolute atomic E-state index is 0.128. The van der Waals surface area contributed by atoms with E-state index in [2.05, 4.69) is 5.32 Å². The molecule has 1 N–H and O–H groups in total. The lowest BCUT2D eigenvalue weighted by Crippen LogP contribution is -2.50. The van der Waals surface area contributed by atoms with Crippen LogP contribution in [0.2, 0.25) is 0 Å². The zero-order chi connectivity index (χ0) is 21.8. The molecule has 0 radical (unpaired) electrons. The van der Waals surface area contributed by atoms with E-state index in [0.717, 1.165) is 27.3 Å². The second kappa shape index (κ2) is 9.39. The maximum absolute atomic E-state index is 14.4. The highest BCUT2D eigenvalue weighted by Crippen LogP contribution is 2.27. The van der Waals surface area contributed by atoms with Gasteiger partial charge in [-0.2, -0.15) is 0 Å². The predicted octanol–water partition coefficient (Wildman–Crippen LogP) is 4.25. The number of rotatable bonds is 8. The van der Waals surface area contributed by atoms with Gasteiger partial charge < -0.3 is 5.32 Å². The molecular formula is C22H29FN2O3S. The zero-order valence-electron chi connectivity index (χ0n) is 17.6. The predicted molar refractivity (Wildman–Crippen MR) is 115 cm³/mol. The number of sulfonamides is 1. The third-order valence-corrected chi connectivity index (χ3v) is 6.11. The summed E-state index contributed by atoms with van der Waals surface area (Å²) in [5, 5.41) is 2.97. The smallest absolute Gasteiger partial charge is 0.244 e. The van der Waals surface area contributed by atoms with Crippen LogP contribution < -0.4 is 9.62 Å². The quantitative estimate of drug-likeness (QED) is 0.694. The van der Waals surface area contributed by atoms with Gasteiger partial charge in [0.25, 0.3) is 0 Å². The minimum Gasteiger partial charge on any atom is -0.347 e. The molecule has 2 aromatic rings. The van der Waals surface area contributed by atoms with Crippen LogP contribution in [0, 0.1) is 19.7 Å². The Balaban J connectivity index is 2.39. The van der Waals surface area contributed by atoms with Gasteiger partial charge in [-0.15, -0.1) is 0 Å². The third-order valence-electron chi connectivity index (χ3n) is 4.95. The van der Waals surface area contributed by atoms with Crippen LogP contribution in [0.4, 0.5) is 10.1 Å². The monoisotopic (exact) mass is 420 g/mol. The average molecular weight is 421 g/mol. The molecule has 2 unspecified atom stereocenters. The van der Waals surface area contributed by atoms with Crippen LogP contribution in [-0.2, 0) is 14.8 Å². The summed E-state index contributed by atoms with van der Waals surface area (Å²) in [5.74, 6) is -1.14. The molecule has 7 heteroatoms. The number of carbonyl (C=O) groups is 1. The summed E-state index contributed by atoms with van der Waals surface area (Å²) in [6.07, 6.45) is 1.83. The topological polar surface area (TPSA) is 66.5 Å². The van der Waals surface area contributed by atoms with Gasteiger partial charge in [0.2, 0.25) is 15.9 Å². The Kier molecular flexibility index (Phi) is 7.41. The van der Waals surface area contributed by atoms with Crippen molar-refractivity contribution in [3.05, 3.63) is 65.0 Å². The number of anilines is 1. The van der Waals surface area contributed by atoms with Gasteiger partial charge in [0.15, 0.2) is 0 Å². The van der Waals surface area contributed by atoms with Gasteiger partial charge in [0.1, 0.15) is 11.9 Å². The molecule has 0 fully saturated rings. The molecule has 0 aliphatic carbocycles. The normalized spacial score (nSPS) is 13.6. The number of para-hydroxylation sites is 1. The standard InChI is InChI=1S/C22H29FN2O3S/c1-6-19(17-13-12-15(3)14-16(17)4)24-22(26)20(7-2)25(29(5,27)28)21-11-9-8-10-18(21)23/h8-14,19-20H,6-7H2,1-5H3,(H,24,26). The molecule has 0 saturated carbocycles. The first kappa shape index (κ1) is 22.9. The molecule has 0 aliphatic rings. The first-order valence-corrected chi connectivity index (χ1v) is 11.6. The molecule has 0 bridgehead atoms. The first-order chi connectivity index (χ1) is 13.6. The zero-order valence-corrected chi connectivity index (χ0v) is 18.4. The fourth-order valence-electron chi connectivity index (χ4n) is 3.55. The van der Waals surface area contributed by atoms with Crippen molar-refractivity contribution < 1.29 is 17.6 Å². The number of benzene rings is 2. The van der Waals surface area contributed by atoms with Crippen LogP contribution in [0.15, 0.2) is 42.5 Å². The summed E-state index contributed by atoms with van der Waals surface area (Å²) in [6.45, 7) is 7.65. The molecule has 0 saturated heterocycles. The van der Waals surface area contributed by atoms with Gasteiger partial charge in [-0.3, -0.25) is 9.10 Å². The maximum Gasteiger partial charge on any atom is 0.244 e. The van der Waals surface area contributed by atoms with Crippen molar-refractivity contribution in [1.82, 2.24) is 5.32 Å². The van der Waals surface area contributed by atoms with Crippen molar-refractivity contribution in [3.63, 3.8) is 0 Å². The number of halogens is 1. The number of hydrogen-bond donors (Lipinski definition) is 1. The summed E-state index contributed by atoms with van der Waals surface area (Å²) >= 11 is 0. The maximum atomic E-state index is 14.4. The largest absolute Gasteiger partial charge is 0.347 e. The molecule has 2 atom stereocenters. The van der Waals surface area contributed by atoms with Gasteiger partial charge in [0, 0.05) is 0 Å². The second-order valence-electron chi connectivity index (χ2n) is 7.26. The van der Waals surface area contributed by atoms with Crippen molar-refractivity contribution in [3.8, 4) is 0 Å². The molecular weight excluding hydrogens is 391 g/mol. The van der Waals surface area contributed by atoms with Crippen LogP contribution >= 0.6 is 0 Å². The fourth-order valence-corrected chi connectivity index (χ4v) is 4.76. The Morgan fingerprint density at radius 1 is 1.10 bits per heavy atom. The molecule has 29 heavy (non-hydrogen) atoms. The van der Waals surface area contributed by atoms with Crippen molar-refractivity contribution in [2.75, 3.05) is 10.6 Å². The summed E-state index contributed by atoms with van der Waals surface area (Å²) in [6, 6.07) is 10.3. The minimum atomic E-state index is -3.89. The molecule has 2 rings (SSSR count). The lowest BCUT2D eigenvalue weighted by atomic mass is 9.97. The fraction of sp³-hybridized carbons (Fsp3) is 0.409. The van der Waals surface area contributed by atoms with Gasteiger partial charge >= 0.3 is 0 Å². The number of carbonyl (C=O) groups excluding carboxylic acids is 1. The Bertz CT molecular complexity index is 976. The van der Waals surface area contributed by atoms with Crippen molar-refractivity contribution >= 4 is 21.6 Å². The van der Waals surface area contributed by atoms with Crippen LogP contribution in [0.25, 0.3) is 0 Å². The summed E-state index contributed by atoms with van der Waals surface area (Å²) in [5.41, 5.74) is 3.04. The van der Waals surface area contributed by atoms with Gasteiger partial charge in [-0.25, -0.2) is 12.8 Å². The highest BCUT2D eigenvalue weighted by atomic mass is 32.2. The van der Waals surface area contributed by atoms with Crippen molar-refractivity contribution in [2.24, 2.45) is 0 Å². The molecule has 5 nitrogen and oxygen atoms in total. The molecule has 0 aliphatic heterocycles. The molecule has 2 aromatic carbocycles. The Morgan fingerprint density at radius 2 is 1.76 bits per heavy atom. The van der Waals surface area contributed by atoms with E-state index < -0.39 is 27.8 Å². The molecule has 158 valence electrons. The van der Waals surface area contributed by atoms with E-state index in [1.165, 1.54) is 18.2 Å². The van der Waals surface area contributed by atoms with E-state index in [1.807, 2.05) is 39.0 Å². The lowest BCUT2D eigenvalue weighted by molar-refractivity contribution is -0.123. The summed E-state index contributed by atoms with van der Waals surface area (Å²) in [7, 11) is -3.89. The number of amides is 1. The van der Waals surface area contributed by atoms with E-state index in [4.69, 9.17) is 0 Å². The van der Waals surface area contributed by atoms with Crippen LogP contribution in [-0.4, -0.2) is 26.6 Å². The SMILES string of the molecule is CCC(NC(=O)C(CC)N(c1ccccc1F)S(C)(=O)=O)c1ccc(C)cc1C. The number of nitrogens with one attached hydrogen (secondary N) is 1. The number of nitrogens with zero attached hydrogens (tertiary/aromatic N) is 1. The molecule has 0 heterocycles. The van der Waals surface area contributed by atoms with Crippen LogP contribution in [0.3, 0.4) is 0 Å². The van der Waals surface area contributed by atoms with E-state index in [1.54, 1.807) is 13.0 Å².